The molecule has 0 aromatic rings. The third kappa shape index (κ3) is 1.63. The lowest BCUT2D eigenvalue weighted by Crippen LogP contribution is -2.47. The number of carbonyl (C=O) groups excluding carboxylic acids is 1. The molecule has 0 amide bonds. The molecule has 0 heterocycles. The first kappa shape index (κ1) is 13.6. The van der Waals surface area contributed by atoms with E-state index in [2.05, 4.69) is 20.8 Å². The molecule has 18 heavy (non-hydrogen) atoms. The molecule has 0 bridgehead atoms. The van der Waals surface area contributed by atoms with Crippen LogP contribution in [0, 0.1) is 22.2 Å². The Labute approximate surface area is 109 Å². The summed E-state index contributed by atoms with van der Waals surface area (Å²) in [5.41, 5.74) is -0.231. The van der Waals surface area contributed by atoms with Crippen molar-refractivity contribution in [2.24, 2.45) is 22.2 Å². The van der Waals surface area contributed by atoms with Crippen LogP contribution in [0.1, 0.15) is 59.8 Å². The Balaban J connectivity index is 2.40. The van der Waals surface area contributed by atoms with E-state index in [1.54, 1.807) is 6.92 Å². The molecule has 0 saturated heterocycles. The van der Waals surface area contributed by atoms with Gasteiger partial charge in [-0.05, 0) is 42.4 Å². The zero-order chi connectivity index (χ0) is 13.8. The molecular weight excluding hydrogens is 228 g/mol. The topological polar surface area (TPSA) is 54.4 Å². The highest BCUT2D eigenvalue weighted by Gasteiger charge is 2.73. The molecule has 102 valence electrons. The first-order valence-corrected chi connectivity index (χ1v) is 6.89. The number of hydrogen-bond acceptors (Lipinski definition) is 2. The third-order valence-corrected chi connectivity index (χ3v) is 5.81. The molecule has 2 aliphatic carbocycles. The predicted molar refractivity (Wildman–Crippen MR) is 69.2 cm³/mol. The summed E-state index contributed by atoms with van der Waals surface area (Å²) in [6.45, 7) is 8.18. The van der Waals surface area contributed by atoms with Crippen LogP contribution in [-0.4, -0.2) is 16.9 Å². The molecule has 0 aliphatic heterocycles. The van der Waals surface area contributed by atoms with Gasteiger partial charge in [-0.2, -0.15) is 0 Å². The quantitative estimate of drug-likeness (QED) is 0.838. The van der Waals surface area contributed by atoms with Crippen molar-refractivity contribution in [2.75, 3.05) is 0 Å². The fourth-order valence-corrected chi connectivity index (χ4v) is 4.93. The molecule has 3 heteroatoms. The molecular formula is C15H24O3. The number of hydrogen-bond donors (Lipinski definition) is 1. The standard InChI is InChI=1S/C15H24O3/c1-10(16)11-8-15(11)13(2,3)6-5-7-14(15,4)9-12(17)18/h11H,5-9H2,1-4H3,(H,17,18)/t11-,14+,15-/m0/s1. The summed E-state index contributed by atoms with van der Waals surface area (Å²) in [7, 11) is 0. The summed E-state index contributed by atoms with van der Waals surface area (Å²) in [5, 5.41) is 9.20. The smallest absolute Gasteiger partial charge is 0.303 e. The molecule has 0 radical (unpaired) electrons. The number of carbonyl (C=O) groups is 2. The van der Waals surface area contributed by atoms with Gasteiger partial charge in [-0.3, -0.25) is 9.59 Å². The Kier molecular flexibility index (Phi) is 2.88. The van der Waals surface area contributed by atoms with Crippen molar-refractivity contribution in [1.82, 2.24) is 0 Å². The molecule has 3 nitrogen and oxygen atoms in total. The fraction of sp³-hybridized carbons (Fsp3) is 0.867. The zero-order valence-electron chi connectivity index (χ0n) is 11.9. The van der Waals surface area contributed by atoms with Crippen molar-refractivity contribution in [1.29, 1.82) is 0 Å². The van der Waals surface area contributed by atoms with E-state index in [1.807, 2.05) is 0 Å². The maximum absolute atomic E-state index is 11.8. The average Bonchev–Trinajstić information content (AvgIpc) is 2.90. The Morgan fingerprint density at radius 2 is 1.83 bits per heavy atom. The summed E-state index contributed by atoms with van der Waals surface area (Å²) >= 11 is 0. The highest BCUT2D eigenvalue weighted by atomic mass is 16.4. The van der Waals surface area contributed by atoms with Crippen LogP contribution >= 0.6 is 0 Å². The van der Waals surface area contributed by atoms with Crippen LogP contribution in [0.4, 0.5) is 0 Å². The molecule has 2 rings (SSSR count). The molecule has 2 fully saturated rings. The number of rotatable bonds is 3. The van der Waals surface area contributed by atoms with Gasteiger partial charge in [0.25, 0.3) is 0 Å². The number of ketones is 1. The summed E-state index contributed by atoms with van der Waals surface area (Å²) in [6.07, 6.45) is 4.20. The van der Waals surface area contributed by atoms with E-state index < -0.39 is 5.97 Å². The zero-order valence-corrected chi connectivity index (χ0v) is 11.9. The second kappa shape index (κ2) is 3.82. The SMILES string of the molecule is CC(=O)[C@@H]1C[C@@]12C(C)(C)CCC[C@]2(C)CC(=O)O. The van der Waals surface area contributed by atoms with Gasteiger partial charge in [-0.25, -0.2) is 0 Å². The number of Topliss-reactive ketones (excluding diaryl/α,β-unsaturated/α-hetero) is 1. The molecule has 2 saturated carbocycles. The van der Waals surface area contributed by atoms with E-state index in [0.717, 1.165) is 25.7 Å². The summed E-state index contributed by atoms with van der Waals surface area (Å²) in [5.74, 6) is -0.414. The van der Waals surface area contributed by atoms with Crippen molar-refractivity contribution >= 4 is 11.8 Å². The molecule has 0 aromatic heterocycles. The van der Waals surface area contributed by atoms with Gasteiger partial charge in [0, 0.05) is 5.92 Å². The Hall–Kier alpha value is -0.860. The number of carboxylic acid groups (broad SMARTS) is 1. The maximum atomic E-state index is 11.8. The third-order valence-electron chi connectivity index (χ3n) is 5.81. The predicted octanol–water partition coefficient (Wildman–Crippen LogP) is 3.27. The van der Waals surface area contributed by atoms with E-state index in [-0.39, 0.29) is 34.4 Å². The molecule has 0 aromatic carbocycles. The van der Waals surface area contributed by atoms with E-state index in [1.165, 1.54) is 0 Å². The Morgan fingerprint density at radius 1 is 1.22 bits per heavy atom. The van der Waals surface area contributed by atoms with Gasteiger partial charge in [0.1, 0.15) is 5.78 Å². The lowest BCUT2D eigenvalue weighted by Gasteiger charge is -2.52. The fourth-order valence-electron chi connectivity index (χ4n) is 4.93. The van der Waals surface area contributed by atoms with Crippen LogP contribution in [0.25, 0.3) is 0 Å². The van der Waals surface area contributed by atoms with Crippen LogP contribution < -0.4 is 0 Å². The Morgan fingerprint density at radius 3 is 2.28 bits per heavy atom. The molecule has 2 aliphatic rings. The highest BCUT2D eigenvalue weighted by molar-refractivity contribution is 5.83. The largest absolute Gasteiger partial charge is 0.481 e. The van der Waals surface area contributed by atoms with Crippen molar-refractivity contribution in [2.45, 2.75) is 59.8 Å². The lowest BCUT2D eigenvalue weighted by atomic mass is 9.51. The summed E-state index contributed by atoms with van der Waals surface area (Å²) < 4.78 is 0. The first-order chi connectivity index (χ1) is 8.16. The summed E-state index contributed by atoms with van der Waals surface area (Å²) in [6, 6.07) is 0. The van der Waals surface area contributed by atoms with Crippen LogP contribution in [0.15, 0.2) is 0 Å². The van der Waals surface area contributed by atoms with E-state index in [9.17, 15) is 14.7 Å². The molecule has 1 spiro atoms. The average molecular weight is 252 g/mol. The highest BCUT2D eigenvalue weighted by Crippen LogP contribution is 2.77. The van der Waals surface area contributed by atoms with Crippen molar-refractivity contribution in [3.05, 3.63) is 0 Å². The molecule has 0 unspecified atom stereocenters. The van der Waals surface area contributed by atoms with Gasteiger partial charge in [0.2, 0.25) is 0 Å². The van der Waals surface area contributed by atoms with Crippen molar-refractivity contribution in [3.63, 3.8) is 0 Å². The van der Waals surface area contributed by atoms with E-state index in [4.69, 9.17) is 0 Å². The van der Waals surface area contributed by atoms with Crippen LogP contribution in [-0.2, 0) is 9.59 Å². The monoisotopic (exact) mass is 252 g/mol. The van der Waals surface area contributed by atoms with Gasteiger partial charge in [0.15, 0.2) is 0 Å². The van der Waals surface area contributed by atoms with Gasteiger partial charge >= 0.3 is 5.97 Å². The van der Waals surface area contributed by atoms with Crippen molar-refractivity contribution < 1.29 is 14.7 Å². The second-order valence-electron chi connectivity index (χ2n) is 7.21. The van der Waals surface area contributed by atoms with E-state index in [0.29, 0.717) is 0 Å². The summed E-state index contributed by atoms with van der Waals surface area (Å²) in [4.78, 5) is 23.0. The minimum atomic E-state index is -0.733. The maximum Gasteiger partial charge on any atom is 0.303 e. The minimum absolute atomic E-state index is 0.0752. The van der Waals surface area contributed by atoms with E-state index >= 15 is 0 Å². The van der Waals surface area contributed by atoms with Crippen LogP contribution in [0.2, 0.25) is 0 Å². The van der Waals surface area contributed by atoms with Crippen LogP contribution in [0.3, 0.4) is 0 Å². The molecule has 1 N–H and O–H groups in total. The minimum Gasteiger partial charge on any atom is -0.481 e. The van der Waals surface area contributed by atoms with Gasteiger partial charge in [-0.1, -0.05) is 27.2 Å². The number of carboxylic acids is 1. The van der Waals surface area contributed by atoms with Gasteiger partial charge < -0.3 is 5.11 Å². The Bertz CT molecular complexity index is 399. The van der Waals surface area contributed by atoms with Gasteiger partial charge in [0.05, 0.1) is 6.42 Å². The van der Waals surface area contributed by atoms with Crippen LogP contribution in [0.5, 0.6) is 0 Å². The normalized spacial score (nSPS) is 41.7. The first-order valence-electron chi connectivity index (χ1n) is 6.89. The van der Waals surface area contributed by atoms with Crippen molar-refractivity contribution in [3.8, 4) is 0 Å². The lowest BCUT2D eigenvalue weighted by molar-refractivity contribution is -0.146. The molecule has 3 atom stereocenters. The van der Waals surface area contributed by atoms with Gasteiger partial charge in [-0.15, -0.1) is 0 Å². The second-order valence-corrected chi connectivity index (χ2v) is 7.21. The number of aliphatic carboxylic acids is 1.